The van der Waals surface area contributed by atoms with Crippen LogP contribution in [-0.2, 0) is 11.8 Å². The van der Waals surface area contributed by atoms with E-state index in [2.05, 4.69) is 51.5 Å². The highest BCUT2D eigenvalue weighted by Crippen LogP contribution is 2.24. The Kier molecular flexibility index (Phi) is 6.03. The van der Waals surface area contributed by atoms with Crippen LogP contribution in [0.4, 0.5) is 0 Å². The standard InChI is InChI=1S/C21H25N5O2S/c1-15-3-5-16(6-4-15)18(13-26-7-9-28-10-8-26)23-20(27)19-14-29-21(24-19)17-11-22-25(2)12-17/h3-6,11-12,14,18H,7-10,13H2,1-2H3,(H,23,27)/t18-/m1/s1. The number of aryl methyl sites for hydroxylation is 2. The van der Waals surface area contributed by atoms with Crippen molar-refractivity contribution in [2.45, 2.75) is 13.0 Å². The van der Waals surface area contributed by atoms with Gasteiger partial charge in [-0.1, -0.05) is 29.8 Å². The summed E-state index contributed by atoms with van der Waals surface area (Å²) in [6, 6.07) is 8.23. The molecule has 0 unspecified atom stereocenters. The molecule has 1 fully saturated rings. The Morgan fingerprint density at radius 2 is 2.03 bits per heavy atom. The normalized spacial score (nSPS) is 15.9. The maximum atomic E-state index is 13.0. The van der Waals surface area contributed by atoms with Crippen LogP contribution in [0.2, 0.25) is 0 Å². The van der Waals surface area contributed by atoms with Gasteiger partial charge in [0, 0.05) is 43.8 Å². The molecule has 1 saturated heterocycles. The summed E-state index contributed by atoms with van der Waals surface area (Å²) in [7, 11) is 1.86. The Morgan fingerprint density at radius 3 is 2.72 bits per heavy atom. The minimum absolute atomic E-state index is 0.107. The van der Waals surface area contributed by atoms with Crippen molar-refractivity contribution in [1.29, 1.82) is 0 Å². The predicted octanol–water partition coefficient (Wildman–Crippen LogP) is 2.66. The first-order valence-electron chi connectivity index (χ1n) is 9.70. The largest absolute Gasteiger partial charge is 0.379 e. The molecule has 0 bridgehead atoms. The van der Waals surface area contributed by atoms with Gasteiger partial charge in [0.2, 0.25) is 0 Å². The smallest absolute Gasteiger partial charge is 0.271 e. The van der Waals surface area contributed by atoms with Gasteiger partial charge in [-0.25, -0.2) is 4.98 Å². The number of hydrogen-bond acceptors (Lipinski definition) is 6. The van der Waals surface area contributed by atoms with Crippen LogP contribution in [0.1, 0.15) is 27.7 Å². The fourth-order valence-corrected chi connectivity index (χ4v) is 4.13. The third-order valence-corrected chi connectivity index (χ3v) is 5.91. The summed E-state index contributed by atoms with van der Waals surface area (Å²) in [5.41, 5.74) is 3.65. The molecular formula is C21H25N5O2S. The summed E-state index contributed by atoms with van der Waals surface area (Å²) in [5, 5.41) is 9.96. The number of ether oxygens (including phenoxy) is 1. The maximum absolute atomic E-state index is 13.0. The molecule has 1 aliphatic rings. The van der Waals surface area contributed by atoms with Crippen LogP contribution in [0.15, 0.2) is 42.0 Å². The predicted molar refractivity (Wildman–Crippen MR) is 113 cm³/mol. The van der Waals surface area contributed by atoms with Crippen LogP contribution in [0.25, 0.3) is 10.6 Å². The molecule has 3 aromatic rings. The van der Waals surface area contributed by atoms with E-state index in [4.69, 9.17) is 4.74 Å². The van der Waals surface area contributed by atoms with Crippen molar-refractivity contribution in [2.24, 2.45) is 7.05 Å². The van der Waals surface area contributed by atoms with E-state index >= 15 is 0 Å². The summed E-state index contributed by atoms with van der Waals surface area (Å²) in [5.74, 6) is -0.157. The molecule has 1 aliphatic heterocycles. The van der Waals surface area contributed by atoms with Gasteiger partial charge in [0.25, 0.3) is 5.91 Å². The first-order chi connectivity index (χ1) is 14.1. The SMILES string of the molecule is Cc1ccc([C@@H](CN2CCOCC2)NC(=O)c2csc(-c3cnn(C)c3)n2)cc1. The van der Waals surface area contributed by atoms with Crippen LogP contribution >= 0.6 is 11.3 Å². The highest BCUT2D eigenvalue weighted by atomic mass is 32.1. The van der Waals surface area contributed by atoms with Crippen molar-refractivity contribution >= 4 is 17.2 Å². The van der Waals surface area contributed by atoms with Gasteiger partial charge in [-0.05, 0) is 12.5 Å². The second kappa shape index (κ2) is 8.86. The lowest BCUT2D eigenvalue weighted by Gasteiger charge is -2.31. The van der Waals surface area contributed by atoms with Crippen molar-refractivity contribution in [1.82, 2.24) is 25.0 Å². The number of nitrogens with one attached hydrogen (secondary N) is 1. The van der Waals surface area contributed by atoms with E-state index in [1.54, 1.807) is 16.3 Å². The second-order valence-electron chi connectivity index (χ2n) is 7.29. The van der Waals surface area contributed by atoms with E-state index in [1.165, 1.54) is 16.9 Å². The molecular weight excluding hydrogens is 386 g/mol. The first kappa shape index (κ1) is 19.8. The molecule has 7 nitrogen and oxygen atoms in total. The third kappa shape index (κ3) is 4.90. The van der Waals surface area contributed by atoms with Gasteiger partial charge in [-0.2, -0.15) is 5.10 Å². The number of carbonyl (C=O) groups is 1. The molecule has 1 atom stereocenters. The molecule has 29 heavy (non-hydrogen) atoms. The zero-order valence-corrected chi connectivity index (χ0v) is 17.5. The molecule has 2 aromatic heterocycles. The fourth-order valence-electron chi connectivity index (χ4n) is 3.35. The molecule has 1 aromatic carbocycles. The van der Waals surface area contributed by atoms with E-state index in [0.29, 0.717) is 5.69 Å². The Hall–Kier alpha value is -2.55. The summed E-state index contributed by atoms with van der Waals surface area (Å²) < 4.78 is 7.18. The Balaban J connectivity index is 1.50. The number of hydrogen-bond donors (Lipinski definition) is 1. The molecule has 0 spiro atoms. The molecule has 1 N–H and O–H groups in total. The van der Waals surface area contributed by atoms with Gasteiger partial charge < -0.3 is 10.1 Å². The van der Waals surface area contributed by atoms with Crippen LogP contribution in [0, 0.1) is 6.92 Å². The van der Waals surface area contributed by atoms with Crippen molar-refractivity contribution in [3.63, 3.8) is 0 Å². The number of rotatable bonds is 6. The Labute approximate surface area is 174 Å². The quantitative estimate of drug-likeness (QED) is 0.675. The molecule has 8 heteroatoms. The number of thiazole rings is 1. The number of morpholine rings is 1. The average Bonchev–Trinajstić information content (AvgIpc) is 3.38. The molecule has 152 valence electrons. The minimum atomic E-state index is -0.157. The molecule has 4 rings (SSSR count). The Bertz CT molecular complexity index is 960. The van der Waals surface area contributed by atoms with E-state index < -0.39 is 0 Å². The zero-order valence-electron chi connectivity index (χ0n) is 16.7. The van der Waals surface area contributed by atoms with E-state index in [1.807, 2.05) is 13.2 Å². The van der Waals surface area contributed by atoms with Crippen LogP contribution < -0.4 is 5.32 Å². The lowest BCUT2D eigenvalue weighted by molar-refractivity contribution is 0.0332. The van der Waals surface area contributed by atoms with Gasteiger partial charge in [0.05, 0.1) is 25.5 Å². The lowest BCUT2D eigenvalue weighted by atomic mass is 10.0. The molecule has 1 amide bonds. The molecule has 0 aliphatic carbocycles. The van der Waals surface area contributed by atoms with Crippen LogP contribution in [0.3, 0.4) is 0 Å². The van der Waals surface area contributed by atoms with E-state index in [9.17, 15) is 4.79 Å². The van der Waals surface area contributed by atoms with Crippen molar-refractivity contribution < 1.29 is 9.53 Å². The number of amides is 1. The minimum Gasteiger partial charge on any atom is -0.379 e. The third-order valence-electron chi connectivity index (χ3n) is 5.02. The monoisotopic (exact) mass is 411 g/mol. The fraction of sp³-hybridized carbons (Fsp3) is 0.381. The Morgan fingerprint density at radius 1 is 1.28 bits per heavy atom. The summed E-state index contributed by atoms with van der Waals surface area (Å²) in [6.45, 7) is 6.02. The number of aromatic nitrogens is 3. The maximum Gasteiger partial charge on any atom is 0.271 e. The van der Waals surface area contributed by atoms with Gasteiger partial charge in [0.15, 0.2) is 0 Å². The average molecular weight is 412 g/mol. The lowest BCUT2D eigenvalue weighted by Crippen LogP contribution is -2.43. The van der Waals surface area contributed by atoms with E-state index in [0.717, 1.165) is 49.0 Å². The van der Waals surface area contributed by atoms with Gasteiger partial charge >= 0.3 is 0 Å². The van der Waals surface area contributed by atoms with Crippen molar-refractivity contribution in [2.75, 3.05) is 32.8 Å². The van der Waals surface area contributed by atoms with Gasteiger partial charge in [-0.15, -0.1) is 11.3 Å². The van der Waals surface area contributed by atoms with E-state index in [-0.39, 0.29) is 11.9 Å². The second-order valence-corrected chi connectivity index (χ2v) is 8.15. The molecule has 3 heterocycles. The topological polar surface area (TPSA) is 72.3 Å². The first-order valence-corrected chi connectivity index (χ1v) is 10.6. The van der Waals surface area contributed by atoms with Gasteiger partial charge in [-0.3, -0.25) is 14.4 Å². The summed E-state index contributed by atoms with van der Waals surface area (Å²) in [4.78, 5) is 19.8. The number of benzene rings is 1. The summed E-state index contributed by atoms with van der Waals surface area (Å²) in [6.07, 6.45) is 3.65. The molecule has 0 saturated carbocycles. The zero-order chi connectivity index (χ0) is 20.2. The van der Waals surface area contributed by atoms with Crippen LogP contribution in [0.5, 0.6) is 0 Å². The van der Waals surface area contributed by atoms with Gasteiger partial charge in [0.1, 0.15) is 10.7 Å². The summed E-state index contributed by atoms with van der Waals surface area (Å²) >= 11 is 1.45. The highest BCUT2D eigenvalue weighted by Gasteiger charge is 2.22. The highest BCUT2D eigenvalue weighted by molar-refractivity contribution is 7.13. The van der Waals surface area contributed by atoms with Crippen molar-refractivity contribution in [3.8, 4) is 10.6 Å². The van der Waals surface area contributed by atoms with Crippen LogP contribution in [-0.4, -0.2) is 58.4 Å². The van der Waals surface area contributed by atoms with Crippen molar-refractivity contribution in [3.05, 3.63) is 58.9 Å². The number of nitrogens with zero attached hydrogens (tertiary/aromatic N) is 4. The number of carbonyl (C=O) groups excluding carboxylic acids is 1. The molecule has 0 radical (unpaired) electrons.